The van der Waals surface area contributed by atoms with Crippen molar-refractivity contribution in [2.75, 3.05) is 13.1 Å². The Labute approximate surface area is 95.8 Å². The molecule has 1 fully saturated rings. The van der Waals surface area contributed by atoms with E-state index in [4.69, 9.17) is 0 Å². The summed E-state index contributed by atoms with van der Waals surface area (Å²) in [6.07, 6.45) is 0.741. The zero-order chi connectivity index (χ0) is 12.3. The summed E-state index contributed by atoms with van der Waals surface area (Å²) >= 11 is 0. The van der Waals surface area contributed by atoms with Crippen LogP contribution < -0.4 is 5.32 Å². The lowest BCUT2D eigenvalue weighted by molar-refractivity contribution is -0.137. The quantitative estimate of drug-likeness (QED) is 0.654. The molecule has 0 radical (unpaired) electrons. The number of amides is 2. The number of hydrogen-bond donors (Lipinski definition) is 2. The molecule has 1 saturated heterocycles. The Morgan fingerprint density at radius 1 is 1.56 bits per heavy atom. The predicted molar refractivity (Wildman–Crippen MR) is 59.6 cm³/mol. The molecule has 0 aromatic rings. The molecule has 0 aromatic heterocycles. The van der Waals surface area contributed by atoms with E-state index in [1.54, 1.807) is 4.90 Å². The van der Waals surface area contributed by atoms with Gasteiger partial charge in [-0.05, 0) is 11.8 Å². The van der Waals surface area contributed by atoms with E-state index in [0.717, 1.165) is 0 Å². The Morgan fingerprint density at radius 2 is 2.19 bits per heavy atom. The molecule has 92 valence electrons. The molecule has 1 rings (SSSR count). The monoisotopic (exact) mass is 228 g/mol. The predicted octanol–water partition coefficient (Wildman–Crippen LogP) is -0.260. The van der Waals surface area contributed by atoms with E-state index in [0.29, 0.717) is 25.9 Å². The van der Waals surface area contributed by atoms with Crippen molar-refractivity contribution in [1.82, 2.24) is 10.2 Å². The number of aliphatic hydroxyl groups is 1. The summed E-state index contributed by atoms with van der Waals surface area (Å²) in [5.41, 5.74) is -0.328. The third-order valence-electron chi connectivity index (χ3n) is 2.82. The van der Waals surface area contributed by atoms with Crippen molar-refractivity contribution >= 4 is 12.3 Å². The zero-order valence-corrected chi connectivity index (χ0v) is 10.1. The maximum absolute atomic E-state index is 12.1. The van der Waals surface area contributed by atoms with E-state index < -0.39 is 12.1 Å². The van der Waals surface area contributed by atoms with E-state index in [1.807, 2.05) is 20.8 Å². The molecule has 0 bridgehead atoms. The summed E-state index contributed by atoms with van der Waals surface area (Å²) in [6.45, 7) is 6.63. The van der Waals surface area contributed by atoms with E-state index in [-0.39, 0.29) is 11.3 Å². The van der Waals surface area contributed by atoms with Crippen molar-refractivity contribution in [3.8, 4) is 0 Å². The lowest BCUT2D eigenvalue weighted by Gasteiger charge is -2.32. The number of carbonyl (C=O) groups is 2. The van der Waals surface area contributed by atoms with Gasteiger partial charge < -0.3 is 15.3 Å². The lowest BCUT2D eigenvalue weighted by Crippen LogP contribution is -2.52. The van der Waals surface area contributed by atoms with Gasteiger partial charge in [0.25, 0.3) is 0 Å². The second-order valence-electron chi connectivity index (χ2n) is 5.31. The molecule has 0 spiro atoms. The van der Waals surface area contributed by atoms with Crippen LogP contribution in [0.3, 0.4) is 0 Å². The van der Waals surface area contributed by atoms with Gasteiger partial charge in [0.1, 0.15) is 6.04 Å². The van der Waals surface area contributed by atoms with Gasteiger partial charge in [0, 0.05) is 13.1 Å². The minimum absolute atomic E-state index is 0.115. The first-order valence-corrected chi connectivity index (χ1v) is 5.53. The van der Waals surface area contributed by atoms with Crippen molar-refractivity contribution < 1.29 is 14.7 Å². The molecule has 1 aliphatic rings. The summed E-state index contributed by atoms with van der Waals surface area (Å²) in [7, 11) is 0. The third-order valence-corrected chi connectivity index (χ3v) is 2.82. The fourth-order valence-corrected chi connectivity index (χ4v) is 1.88. The second-order valence-corrected chi connectivity index (χ2v) is 5.31. The maximum Gasteiger partial charge on any atom is 0.245 e. The van der Waals surface area contributed by atoms with Crippen molar-refractivity contribution in [3.05, 3.63) is 0 Å². The van der Waals surface area contributed by atoms with Crippen LogP contribution in [0.2, 0.25) is 0 Å². The van der Waals surface area contributed by atoms with Gasteiger partial charge in [0.05, 0.1) is 6.10 Å². The molecule has 1 aliphatic heterocycles. The average molecular weight is 228 g/mol. The van der Waals surface area contributed by atoms with Gasteiger partial charge in [0.2, 0.25) is 12.3 Å². The Morgan fingerprint density at radius 3 is 2.56 bits per heavy atom. The van der Waals surface area contributed by atoms with Crippen LogP contribution in [-0.4, -0.2) is 47.6 Å². The van der Waals surface area contributed by atoms with Gasteiger partial charge in [-0.2, -0.15) is 0 Å². The Balaban J connectivity index is 2.71. The molecule has 2 atom stereocenters. The molecule has 2 amide bonds. The van der Waals surface area contributed by atoms with E-state index in [9.17, 15) is 14.7 Å². The Hall–Kier alpha value is -1.10. The first kappa shape index (κ1) is 13.0. The number of hydrogen-bond acceptors (Lipinski definition) is 3. The summed E-state index contributed by atoms with van der Waals surface area (Å²) in [5.74, 6) is -0.115. The first-order chi connectivity index (χ1) is 7.36. The van der Waals surface area contributed by atoms with E-state index in [1.165, 1.54) is 0 Å². The highest BCUT2D eigenvalue weighted by Gasteiger charge is 2.36. The Kier molecular flexibility index (Phi) is 3.91. The number of nitrogens with one attached hydrogen (secondary N) is 1. The van der Waals surface area contributed by atoms with Crippen LogP contribution in [0.15, 0.2) is 0 Å². The third kappa shape index (κ3) is 2.95. The number of nitrogens with zero attached hydrogens (tertiary/aromatic N) is 1. The SMILES string of the molecule is CC(C)(C)[C@H](NC=O)C(=O)N1CCC(O)C1. The first-order valence-electron chi connectivity index (χ1n) is 5.53. The molecule has 0 saturated carbocycles. The smallest absolute Gasteiger partial charge is 0.245 e. The van der Waals surface area contributed by atoms with Gasteiger partial charge in [-0.3, -0.25) is 9.59 Å². The van der Waals surface area contributed by atoms with Crippen LogP contribution in [0.25, 0.3) is 0 Å². The fraction of sp³-hybridized carbons (Fsp3) is 0.818. The normalized spacial score (nSPS) is 23.0. The number of β-amino-alcohol motifs (C(OH)–C–C–N with tert-alkyl or cyclic N) is 1. The summed E-state index contributed by atoms with van der Waals surface area (Å²) < 4.78 is 0. The summed E-state index contributed by atoms with van der Waals surface area (Å²) in [5, 5.41) is 11.9. The average Bonchev–Trinajstić information content (AvgIpc) is 2.58. The highest BCUT2D eigenvalue weighted by atomic mass is 16.3. The van der Waals surface area contributed by atoms with Crippen LogP contribution in [0.1, 0.15) is 27.2 Å². The fourth-order valence-electron chi connectivity index (χ4n) is 1.88. The summed E-state index contributed by atoms with van der Waals surface area (Å²) in [6, 6.07) is -0.532. The summed E-state index contributed by atoms with van der Waals surface area (Å²) in [4.78, 5) is 24.2. The number of carbonyl (C=O) groups excluding carboxylic acids is 2. The Bertz CT molecular complexity index is 273. The van der Waals surface area contributed by atoms with Crippen molar-refractivity contribution in [2.45, 2.75) is 39.3 Å². The minimum atomic E-state index is -0.532. The topological polar surface area (TPSA) is 69.6 Å². The van der Waals surface area contributed by atoms with Gasteiger partial charge in [-0.25, -0.2) is 0 Å². The second kappa shape index (κ2) is 4.82. The number of likely N-dealkylation sites (tertiary alicyclic amines) is 1. The van der Waals surface area contributed by atoms with Crippen LogP contribution in [0, 0.1) is 5.41 Å². The molecule has 1 unspecified atom stereocenters. The van der Waals surface area contributed by atoms with Gasteiger partial charge in [-0.1, -0.05) is 20.8 Å². The molecule has 5 heteroatoms. The van der Waals surface area contributed by atoms with Gasteiger partial charge >= 0.3 is 0 Å². The molecule has 2 N–H and O–H groups in total. The highest BCUT2D eigenvalue weighted by Crippen LogP contribution is 2.22. The largest absolute Gasteiger partial charge is 0.391 e. The molecular formula is C11H20N2O3. The van der Waals surface area contributed by atoms with E-state index >= 15 is 0 Å². The molecule has 0 aromatic carbocycles. The van der Waals surface area contributed by atoms with Crippen molar-refractivity contribution in [2.24, 2.45) is 5.41 Å². The molecule has 1 heterocycles. The molecular weight excluding hydrogens is 208 g/mol. The maximum atomic E-state index is 12.1. The van der Waals surface area contributed by atoms with Gasteiger partial charge in [-0.15, -0.1) is 0 Å². The zero-order valence-electron chi connectivity index (χ0n) is 10.1. The standard InChI is InChI=1S/C11H20N2O3/c1-11(2,3)9(12-7-14)10(16)13-5-4-8(15)6-13/h7-9,15H,4-6H2,1-3H3,(H,12,14)/t8?,9-/m1/s1. The highest BCUT2D eigenvalue weighted by molar-refractivity contribution is 5.84. The van der Waals surface area contributed by atoms with Crippen LogP contribution in [0.5, 0.6) is 0 Å². The molecule has 0 aliphatic carbocycles. The molecule has 16 heavy (non-hydrogen) atoms. The lowest BCUT2D eigenvalue weighted by atomic mass is 9.86. The van der Waals surface area contributed by atoms with Gasteiger partial charge in [0.15, 0.2) is 0 Å². The van der Waals surface area contributed by atoms with E-state index in [2.05, 4.69) is 5.32 Å². The van der Waals surface area contributed by atoms with Crippen LogP contribution >= 0.6 is 0 Å². The van der Waals surface area contributed by atoms with Crippen molar-refractivity contribution in [3.63, 3.8) is 0 Å². The number of rotatable bonds is 3. The van der Waals surface area contributed by atoms with Crippen molar-refractivity contribution in [1.29, 1.82) is 0 Å². The minimum Gasteiger partial charge on any atom is -0.391 e. The number of aliphatic hydroxyl groups excluding tert-OH is 1. The van der Waals surface area contributed by atoms with Crippen LogP contribution in [-0.2, 0) is 9.59 Å². The van der Waals surface area contributed by atoms with Crippen LogP contribution in [0.4, 0.5) is 0 Å². The molecule has 5 nitrogen and oxygen atoms in total.